The Kier molecular flexibility index (Phi) is 4.86. The molecular formula is C14H22N2O4S2. The van der Waals surface area contributed by atoms with Gasteiger partial charge in [-0.2, -0.15) is 4.31 Å². The molecule has 2 saturated heterocycles. The summed E-state index contributed by atoms with van der Waals surface area (Å²) < 4.78 is 36.9. The monoisotopic (exact) mass is 346 g/mol. The Morgan fingerprint density at radius 2 is 2.18 bits per heavy atom. The first kappa shape index (κ1) is 16.4. The summed E-state index contributed by atoms with van der Waals surface area (Å²) in [7, 11) is -3.24. The quantitative estimate of drug-likeness (QED) is 0.803. The lowest BCUT2D eigenvalue weighted by atomic mass is 10.0. The van der Waals surface area contributed by atoms with Gasteiger partial charge in [-0.3, -0.25) is 4.90 Å². The van der Waals surface area contributed by atoms with Gasteiger partial charge in [0.2, 0.25) is 10.0 Å². The molecule has 3 rings (SSSR count). The van der Waals surface area contributed by atoms with Crippen LogP contribution in [0.5, 0.6) is 0 Å². The SMILES string of the molecule is CS(=O)(=O)N1CCOC[C@@]2(CN(Cc3cccs3)CCO2)C1. The van der Waals surface area contributed by atoms with E-state index >= 15 is 0 Å². The minimum atomic E-state index is -3.24. The molecule has 2 aliphatic rings. The fourth-order valence-corrected chi connectivity index (χ4v) is 4.64. The van der Waals surface area contributed by atoms with E-state index in [1.165, 1.54) is 15.4 Å². The molecule has 2 fully saturated rings. The second-order valence-corrected chi connectivity index (χ2v) is 8.99. The molecule has 1 atom stereocenters. The molecule has 1 aromatic heterocycles. The summed E-state index contributed by atoms with van der Waals surface area (Å²) in [4.78, 5) is 3.64. The lowest BCUT2D eigenvalue weighted by Gasteiger charge is -2.42. The van der Waals surface area contributed by atoms with Gasteiger partial charge in [0.25, 0.3) is 0 Å². The maximum atomic E-state index is 11.9. The summed E-state index contributed by atoms with van der Waals surface area (Å²) >= 11 is 1.74. The number of rotatable bonds is 3. The van der Waals surface area contributed by atoms with Crippen LogP contribution >= 0.6 is 11.3 Å². The summed E-state index contributed by atoms with van der Waals surface area (Å²) in [6, 6.07) is 4.18. The van der Waals surface area contributed by atoms with E-state index in [4.69, 9.17) is 9.47 Å². The van der Waals surface area contributed by atoms with Gasteiger partial charge >= 0.3 is 0 Å². The number of hydrogen-bond donors (Lipinski definition) is 0. The van der Waals surface area contributed by atoms with E-state index in [1.807, 2.05) is 0 Å². The van der Waals surface area contributed by atoms with Crippen molar-refractivity contribution in [3.05, 3.63) is 22.4 Å². The summed E-state index contributed by atoms with van der Waals surface area (Å²) in [5.74, 6) is 0. The normalized spacial score (nSPS) is 28.8. The van der Waals surface area contributed by atoms with Gasteiger partial charge in [-0.05, 0) is 11.4 Å². The average molecular weight is 346 g/mol. The molecule has 22 heavy (non-hydrogen) atoms. The van der Waals surface area contributed by atoms with Crippen molar-refractivity contribution >= 4 is 21.4 Å². The van der Waals surface area contributed by atoms with Crippen LogP contribution < -0.4 is 0 Å². The molecule has 0 saturated carbocycles. The van der Waals surface area contributed by atoms with Crippen LogP contribution in [0.4, 0.5) is 0 Å². The molecule has 0 unspecified atom stereocenters. The molecule has 8 heteroatoms. The lowest BCUT2D eigenvalue weighted by Crippen LogP contribution is -2.58. The zero-order valence-electron chi connectivity index (χ0n) is 12.7. The molecule has 0 radical (unpaired) electrons. The Labute approximate surface area is 135 Å². The highest BCUT2D eigenvalue weighted by Gasteiger charge is 2.42. The van der Waals surface area contributed by atoms with Crippen LogP contribution in [0.2, 0.25) is 0 Å². The molecule has 0 aromatic carbocycles. The third-order valence-corrected chi connectivity index (χ3v) is 6.18. The van der Waals surface area contributed by atoms with Gasteiger partial charge in [-0.1, -0.05) is 6.07 Å². The highest BCUT2D eigenvalue weighted by atomic mass is 32.2. The van der Waals surface area contributed by atoms with E-state index < -0.39 is 15.6 Å². The third kappa shape index (κ3) is 3.87. The van der Waals surface area contributed by atoms with Crippen molar-refractivity contribution in [1.29, 1.82) is 0 Å². The number of nitrogens with zero attached hydrogens (tertiary/aromatic N) is 2. The van der Waals surface area contributed by atoms with Gasteiger partial charge in [0, 0.05) is 37.6 Å². The lowest BCUT2D eigenvalue weighted by molar-refractivity contribution is -0.139. The Morgan fingerprint density at radius 1 is 1.32 bits per heavy atom. The van der Waals surface area contributed by atoms with Crippen LogP contribution in [0.3, 0.4) is 0 Å². The smallest absolute Gasteiger partial charge is 0.211 e. The van der Waals surface area contributed by atoms with Crippen molar-refractivity contribution < 1.29 is 17.9 Å². The fourth-order valence-electron chi connectivity index (χ4n) is 3.02. The van der Waals surface area contributed by atoms with Gasteiger partial charge in [-0.25, -0.2) is 8.42 Å². The molecule has 124 valence electrons. The first-order valence-electron chi connectivity index (χ1n) is 7.38. The second kappa shape index (κ2) is 6.54. The van der Waals surface area contributed by atoms with Gasteiger partial charge < -0.3 is 9.47 Å². The van der Waals surface area contributed by atoms with Crippen LogP contribution in [0.15, 0.2) is 17.5 Å². The number of sulfonamides is 1. The van der Waals surface area contributed by atoms with Gasteiger partial charge in [-0.15, -0.1) is 11.3 Å². The van der Waals surface area contributed by atoms with Crippen LogP contribution in [-0.4, -0.2) is 75.5 Å². The Morgan fingerprint density at radius 3 is 2.91 bits per heavy atom. The predicted octanol–water partition coefficient (Wildman–Crippen LogP) is 0.611. The Hall–Kier alpha value is -0.510. The van der Waals surface area contributed by atoms with E-state index in [1.54, 1.807) is 11.3 Å². The summed E-state index contributed by atoms with van der Waals surface area (Å²) in [6.07, 6.45) is 1.25. The van der Waals surface area contributed by atoms with Gasteiger partial charge in [0.05, 0.1) is 26.1 Å². The molecule has 0 amide bonds. The van der Waals surface area contributed by atoms with Crippen molar-refractivity contribution in [2.24, 2.45) is 0 Å². The number of ether oxygens (including phenoxy) is 2. The largest absolute Gasteiger partial charge is 0.377 e. The standard InChI is InChI=1S/C14H22N2O4S2/c1-22(17,18)16-5-6-19-12-14(11-16)10-15(4-7-20-14)9-13-3-2-8-21-13/h2-3,8H,4-7,9-12H2,1H3/t14-/m1/s1. The first-order chi connectivity index (χ1) is 10.5. The maximum Gasteiger partial charge on any atom is 0.211 e. The van der Waals surface area contributed by atoms with Crippen molar-refractivity contribution in [2.75, 3.05) is 52.3 Å². The molecule has 0 aliphatic carbocycles. The topological polar surface area (TPSA) is 59.1 Å². The molecule has 1 spiro atoms. The van der Waals surface area contributed by atoms with Gasteiger partial charge in [0.1, 0.15) is 5.60 Å². The van der Waals surface area contributed by atoms with E-state index in [-0.39, 0.29) is 0 Å². The van der Waals surface area contributed by atoms with Crippen molar-refractivity contribution in [3.8, 4) is 0 Å². The predicted molar refractivity (Wildman–Crippen MR) is 85.5 cm³/mol. The second-order valence-electron chi connectivity index (χ2n) is 5.97. The molecule has 2 aliphatic heterocycles. The summed E-state index contributed by atoms with van der Waals surface area (Å²) in [6.45, 7) is 4.66. The number of hydrogen-bond acceptors (Lipinski definition) is 6. The summed E-state index contributed by atoms with van der Waals surface area (Å²) in [5.41, 5.74) is -0.560. The van der Waals surface area contributed by atoms with E-state index in [2.05, 4.69) is 22.4 Å². The fraction of sp³-hybridized carbons (Fsp3) is 0.714. The first-order valence-corrected chi connectivity index (χ1v) is 10.1. The molecule has 1 aromatic rings. The third-order valence-electron chi connectivity index (χ3n) is 4.07. The van der Waals surface area contributed by atoms with Crippen molar-refractivity contribution in [2.45, 2.75) is 12.1 Å². The Bertz CT molecular complexity index is 590. The Balaban J connectivity index is 1.72. The molecule has 3 heterocycles. The van der Waals surface area contributed by atoms with Crippen molar-refractivity contribution in [3.63, 3.8) is 0 Å². The zero-order chi connectivity index (χ0) is 15.6. The van der Waals surface area contributed by atoms with Crippen LogP contribution in [0.25, 0.3) is 0 Å². The summed E-state index contributed by atoms with van der Waals surface area (Å²) in [5, 5.41) is 2.08. The van der Waals surface area contributed by atoms with Crippen molar-refractivity contribution in [1.82, 2.24) is 9.21 Å². The van der Waals surface area contributed by atoms with E-state index in [9.17, 15) is 8.42 Å². The number of morpholine rings is 1. The van der Waals surface area contributed by atoms with Crippen LogP contribution in [-0.2, 0) is 26.0 Å². The number of thiophene rings is 1. The highest BCUT2D eigenvalue weighted by Crippen LogP contribution is 2.25. The molecule has 0 N–H and O–H groups in total. The molecule has 6 nitrogen and oxygen atoms in total. The van der Waals surface area contributed by atoms with E-state index in [0.29, 0.717) is 39.5 Å². The van der Waals surface area contributed by atoms with Crippen LogP contribution in [0.1, 0.15) is 4.88 Å². The molecular weight excluding hydrogens is 324 g/mol. The van der Waals surface area contributed by atoms with E-state index in [0.717, 1.165) is 13.1 Å². The highest BCUT2D eigenvalue weighted by molar-refractivity contribution is 7.88. The average Bonchev–Trinajstić information content (AvgIpc) is 2.86. The minimum Gasteiger partial charge on any atom is -0.377 e. The minimum absolute atomic E-state index is 0.368. The zero-order valence-corrected chi connectivity index (χ0v) is 14.4. The van der Waals surface area contributed by atoms with Gasteiger partial charge in [0.15, 0.2) is 0 Å². The molecule has 0 bridgehead atoms. The maximum absolute atomic E-state index is 11.9. The van der Waals surface area contributed by atoms with Crippen LogP contribution in [0, 0.1) is 0 Å².